The number of hydrogen-bond donors (Lipinski definition) is 2. The van der Waals surface area contributed by atoms with E-state index < -0.39 is 14.9 Å². The summed E-state index contributed by atoms with van der Waals surface area (Å²) >= 11 is 5.83. The van der Waals surface area contributed by atoms with E-state index in [1.165, 1.54) is 18.2 Å². The first kappa shape index (κ1) is 14.7. The summed E-state index contributed by atoms with van der Waals surface area (Å²) in [6.45, 7) is 0.355. The maximum atomic E-state index is 10.7. The first-order valence-electron chi connectivity index (χ1n) is 4.98. The molecule has 1 rings (SSSR count). The van der Waals surface area contributed by atoms with E-state index in [0.717, 1.165) is 0 Å². The molecule has 100 valence electrons. The summed E-state index contributed by atoms with van der Waals surface area (Å²) in [6.07, 6.45) is 0.326. The molecular weight excluding hydrogens is 282 g/mol. The Morgan fingerprint density at radius 2 is 2.11 bits per heavy atom. The van der Waals surface area contributed by atoms with Gasteiger partial charge in [0.2, 0.25) is 10.0 Å². The van der Waals surface area contributed by atoms with Crippen LogP contribution in [0.5, 0.6) is 0 Å². The SMILES string of the molecule is NS(=O)(=O)CCCNc1ccc([N+](=O)[O-])cc1Cl. The molecule has 0 aliphatic rings. The number of nitro groups is 1. The molecule has 0 aliphatic carbocycles. The second kappa shape index (κ2) is 5.98. The first-order valence-corrected chi connectivity index (χ1v) is 7.07. The maximum absolute atomic E-state index is 10.7. The maximum Gasteiger partial charge on any atom is 0.271 e. The zero-order valence-corrected chi connectivity index (χ0v) is 10.9. The summed E-state index contributed by atoms with van der Waals surface area (Å²) in [5.74, 6) is -0.134. The van der Waals surface area contributed by atoms with Gasteiger partial charge in [-0.25, -0.2) is 13.6 Å². The molecule has 0 aromatic heterocycles. The Balaban J connectivity index is 2.56. The monoisotopic (exact) mass is 293 g/mol. The van der Waals surface area contributed by atoms with Gasteiger partial charge in [-0.05, 0) is 12.5 Å². The molecule has 0 aliphatic heterocycles. The van der Waals surface area contributed by atoms with Crippen molar-refractivity contribution in [3.05, 3.63) is 33.3 Å². The number of nitro benzene ring substituents is 1. The molecule has 0 atom stereocenters. The molecule has 0 fully saturated rings. The second-order valence-electron chi connectivity index (χ2n) is 3.57. The van der Waals surface area contributed by atoms with Gasteiger partial charge in [-0.2, -0.15) is 0 Å². The average Bonchev–Trinajstić information content (AvgIpc) is 2.24. The molecule has 0 saturated heterocycles. The van der Waals surface area contributed by atoms with Crippen LogP contribution in [0, 0.1) is 10.1 Å². The predicted molar refractivity (Wildman–Crippen MR) is 69.2 cm³/mol. The number of primary sulfonamides is 1. The number of rotatable bonds is 6. The molecule has 0 unspecified atom stereocenters. The van der Waals surface area contributed by atoms with Crippen molar-refractivity contribution in [1.82, 2.24) is 0 Å². The Labute approximate surface area is 109 Å². The highest BCUT2D eigenvalue weighted by Gasteiger charge is 2.09. The summed E-state index contributed by atoms with van der Waals surface area (Å²) in [6, 6.07) is 4.01. The van der Waals surface area contributed by atoms with Crippen molar-refractivity contribution in [3.63, 3.8) is 0 Å². The number of hydrogen-bond acceptors (Lipinski definition) is 5. The van der Waals surface area contributed by atoms with Crippen molar-refractivity contribution in [1.29, 1.82) is 0 Å². The fourth-order valence-corrected chi connectivity index (χ4v) is 2.05. The summed E-state index contributed by atoms with van der Waals surface area (Å²) < 4.78 is 21.4. The molecule has 0 bridgehead atoms. The lowest BCUT2D eigenvalue weighted by Crippen LogP contribution is -2.18. The predicted octanol–water partition coefficient (Wildman–Crippen LogP) is 1.34. The van der Waals surface area contributed by atoms with Gasteiger partial charge < -0.3 is 5.32 Å². The third-order valence-electron chi connectivity index (χ3n) is 2.08. The van der Waals surface area contributed by atoms with E-state index in [-0.39, 0.29) is 16.5 Å². The summed E-state index contributed by atoms with van der Waals surface area (Å²) in [5.41, 5.74) is 0.409. The normalized spacial score (nSPS) is 11.2. The molecule has 0 radical (unpaired) electrons. The number of sulfonamides is 1. The minimum atomic E-state index is -3.47. The van der Waals surface area contributed by atoms with Crippen LogP contribution in [0.4, 0.5) is 11.4 Å². The molecule has 9 heteroatoms. The van der Waals surface area contributed by atoms with Crippen LogP contribution >= 0.6 is 11.6 Å². The Morgan fingerprint density at radius 3 is 2.61 bits per heavy atom. The van der Waals surface area contributed by atoms with E-state index in [4.69, 9.17) is 16.7 Å². The summed E-state index contributed by atoms with van der Waals surface area (Å²) in [5, 5.41) is 18.4. The largest absolute Gasteiger partial charge is 0.384 e. The molecule has 1 aromatic rings. The molecule has 18 heavy (non-hydrogen) atoms. The van der Waals surface area contributed by atoms with Crippen LogP contribution in [0.3, 0.4) is 0 Å². The molecule has 0 heterocycles. The van der Waals surface area contributed by atoms with Crippen molar-refractivity contribution in [2.24, 2.45) is 5.14 Å². The topological polar surface area (TPSA) is 115 Å². The van der Waals surface area contributed by atoms with Crippen molar-refractivity contribution in [2.75, 3.05) is 17.6 Å². The number of nitrogens with two attached hydrogens (primary N) is 1. The van der Waals surface area contributed by atoms with E-state index in [2.05, 4.69) is 5.32 Å². The highest BCUT2D eigenvalue weighted by molar-refractivity contribution is 7.89. The number of nitrogens with one attached hydrogen (secondary N) is 1. The van der Waals surface area contributed by atoms with Crippen LogP contribution in [-0.2, 0) is 10.0 Å². The minimum Gasteiger partial charge on any atom is -0.384 e. The van der Waals surface area contributed by atoms with Gasteiger partial charge in [-0.1, -0.05) is 11.6 Å². The standard InChI is InChI=1S/C9H12ClN3O4S/c10-8-6-7(13(14)15)2-3-9(8)12-4-1-5-18(11,16)17/h2-3,6,12H,1,4-5H2,(H2,11,16,17). The van der Waals surface area contributed by atoms with Crippen LogP contribution in [0.15, 0.2) is 18.2 Å². The van der Waals surface area contributed by atoms with Crippen LogP contribution in [0.25, 0.3) is 0 Å². The Kier molecular flexibility index (Phi) is 4.88. The van der Waals surface area contributed by atoms with Crippen molar-refractivity contribution in [2.45, 2.75) is 6.42 Å². The smallest absolute Gasteiger partial charge is 0.271 e. The zero-order chi connectivity index (χ0) is 13.8. The Morgan fingerprint density at radius 1 is 1.44 bits per heavy atom. The van der Waals surface area contributed by atoms with Crippen molar-refractivity contribution in [3.8, 4) is 0 Å². The van der Waals surface area contributed by atoms with Gasteiger partial charge >= 0.3 is 0 Å². The summed E-state index contributed by atoms with van der Waals surface area (Å²) in [7, 11) is -3.47. The molecular formula is C9H12ClN3O4S. The lowest BCUT2D eigenvalue weighted by molar-refractivity contribution is -0.384. The molecule has 0 amide bonds. The van der Waals surface area contributed by atoms with E-state index in [1.807, 2.05) is 0 Å². The van der Waals surface area contributed by atoms with Crippen LogP contribution in [0.2, 0.25) is 5.02 Å². The van der Waals surface area contributed by atoms with Crippen molar-refractivity contribution >= 4 is 33.0 Å². The lowest BCUT2D eigenvalue weighted by atomic mass is 10.3. The fourth-order valence-electron chi connectivity index (χ4n) is 1.26. The molecule has 0 saturated carbocycles. The lowest BCUT2D eigenvalue weighted by Gasteiger charge is -2.07. The zero-order valence-electron chi connectivity index (χ0n) is 9.30. The number of nitrogens with zero attached hydrogens (tertiary/aromatic N) is 1. The van der Waals surface area contributed by atoms with E-state index in [9.17, 15) is 18.5 Å². The third-order valence-corrected chi connectivity index (χ3v) is 3.25. The number of benzene rings is 1. The van der Waals surface area contributed by atoms with E-state index in [1.54, 1.807) is 0 Å². The van der Waals surface area contributed by atoms with E-state index >= 15 is 0 Å². The van der Waals surface area contributed by atoms with Gasteiger partial charge in [0.15, 0.2) is 0 Å². The second-order valence-corrected chi connectivity index (χ2v) is 5.71. The van der Waals surface area contributed by atoms with Gasteiger partial charge in [0.05, 0.1) is 21.4 Å². The van der Waals surface area contributed by atoms with E-state index in [0.29, 0.717) is 18.7 Å². The molecule has 7 nitrogen and oxygen atoms in total. The molecule has 1 aromatic carbocycles. The first-order chi connectivity index (χ1) is 8.29. The van der Waals surface area contributed by atoms with Gasteiger partial charge in [0, 0.05) is 18.7 Å². The van der Waals surface area contributed by atoms with Crippen molar-refractivity contribution < 1.29 is 13.3 Å². The quantitative estimate of drug-likeness (QED) is 0.466. The Bertz CT molecular complexity index is 547. The van der Waals surface area contributed by atoms with Gasteiger partial charge in [-0.3, -0.25) is 10.1 Å². The molecule has 3 N–H and O–H groups in total. The Hall–Kier alpha value is -1.38. The van der Waals surface area contributed by atoms with Crippen LogP contribution in [0.1, 0.15) is 6.42 Å². The van der Waals surface area contributed by atoms with Crippen LogP contribution < -0.4 is 10.5 Å². The average molecular weight is 294 g/mol. The number of non-ortho nitro benzene ring substituents is 1. The van der Waals surface area contributed by atoms with Crippen LogP contribution in [-0.4, -0.2) is 25.6 Å². The van der Waals surface area contributed by atoms with Gasteiger partial charge in [-0.15, -0.1) is 0 Å². The number of anilines is 1. The van der Waals surface area contributed by atoms with Gasteiger partial charge in [0.25, 0.3) is 5.69 Å². The third kappa shape index (κ3) is 4.86. The minimum absolute atomic E-state index is 0.102. The number of halogens is 1. The summed E-state index contributed by atoms with van der Waals surface area (Å²) in [4.78, 5) is 9.94. The highest BCUT2D eigenvalue weighted by Crippen LogP contribution is 2.26. The van der Waals surface area contributed by atoms with Gasteiger partial charge in [0.1, 0.15) is 0 Å². The highest BCUT2D eigenvalue weighted by atomic mass is 35.5. The molecule has 0 spiro atoms. The fraction of sp³-hybridized carbons (Fsp3) is 0.333.